The Morgan fingerprint density at radius 3 is 2.65 bits per heavy atom. The van der Waals surface area contributed by atoms with Crippen LogP contribution in [0.15, 0.2) is 15.9 Å². The first-order valence-corrected chi connectivity index (χ1v) is 7.49. The van der Waals surface area contributed by atoms with E-state index < -0.39 is 0 Å². The zero-order valence-corrected chi connectivity index (χ0v) is 12.3. The molecule has 0 aliphatic carbocycles. The van der Waals surface area contributed by atoms with Crippen LogP contribution in [-0.4, -0.2) is 29.9 Å². The fraction of sp³-hybridized carbons (Fsp3) is 0.583. The van der Waals surface area contributed by atoms with Crippen LogP contribution in [0.1, 0.15) is 29.4 Å². The lowest BCUT2D eigenvalue weighted by atomic mass is 9.91. The molecule has 0 saturated carbocycles. The minimum absolute atomic E-state index is 0.156. The van der Waals surface area contributed by atoms with Crippen LogP contribution in [0, 0.1) is 5.92 Å². The highest BCUT2D eigenvalue weighted by atomic mass is 79.9. The summed E-state index contributed by atoms with van der Waals surface area (Å²) in [6, 6.07) is 4.05. The Hall–Kier alpha value is -0.390. The fourth-order valence-electron chi connectivity index (χ4n) is 2.21. The second-order valence-corrected chi connectivity index (χ2v) is 7.06. The number of carbonyl (C=O) groups excluding carboxylic acids is 1. The number of nitrogens with two attached hydrogens (primary N) is 1. The second-order valence-electron chi connectivity index (χ2n) is 4.59. The molecule has 0 spiro atoms. The van der Waals surface area contributed by atoms with Crippen LogP contribution in [0.3, 0.4) is 0 Å². The average Bonchev–Trinajstić information content (AvgIpc) is 2.75. The van der Waals surface area contributed by atoms with Crippen molar-refractivity contribution in [3.8, 4) is 0 Å². The number of rotatable bonds is 2. The van der Waals surface area contributed by atoms with E-state index in [0.29, 0.717) is 5.92 Å². The van der Waals surface area contributed by atoms with E-state index in [0.717, 1.165) is 34.6 Å². The van der Waals surface area contributed by atoms with E-state index in [4.69, 9.17) is 5.73 Å². The van der Waals surface area contributed by atoms with Crippen molar-refractivity contribution in [3.63, 3.8) is 0 Å². The molecule has 1 aliphatic rings. The van der Waals surface area contributed by atoms with Crippen LogP contribution in [0.5, 0.6) is 0 Å². The summed E-state index contributed by atoms with van der Waals surface area (Å²) in [5.74, 6) is 0.720. The first-order valence-electron chi connectivity index (χ1n) is 5.88. The molecule has 1 aromatic heterocycles. The van der Waals surface area contributed by atoms with E-state index in [1.54, 1.807) is 0 Å². The third-order valence-corrected chi connectivity index (χ3v) is 4.97. The maximum atomic E-state index is 12.2. The van der Waals surface area contributed by atoms with E-state index in [9.17, 15) is 4.79 Å². The molecule has 1 atom stereocenters. The van der Waals surface area contributed by atoms with Crippen molar-refractivity contribution in [2.45, 2.75) is 25.8 Å². The minimum Gasteiger partial charge on any atom is -0.338 e. The quantitative estimate of drug-likeness (QED) is 0.911. The van der Waals surface area contributed by atoms with E-state index in [1.807, 2.05) is 17.0 Å². The summed E-state index contributed by atoms with van der Waals surface area (Å²) >= 11 is 4.88. The van der Waals surface area contributed by atoms with E-state index in [-0.39, 0.29) is 11.9 Å². The van der Waals surface area contributed by atoms with Gasteiger partial charge in [0.15, 0.2) is 0 Å². The van der Waals surface area contributed by atoms with Crippen LogP contribution in [0.4, 0.5) is 0 Å². The van der Waals surface area contributed by atoms with Crippen molar-refractivity contribution in [2.24, 2.45) is 11.7 Å². The van der Waals surface area contributed by atoms with Gasteiger partial charge in [-0.3, -0.25) is 4.79 Å². The Balaban J connectivity index is 1.95. The van der Waals surface area contributed by atoms with Crippen molar-refractivity contribution in [3.05, 3.63) is 20.8 Å². The molecular formula is C12H17BrN2OS. The second kappa shape index (κ2) is 5.50. The lowest BCUT2D eigenvalue weighted by Gasteiger charge is -2.33. The SMILES string of the molecule is CC(N)C1CCN(C(=O)c2ccc(Br)s2)CC1. The first-order chi connectivity index (χ1) is 8.08. The largest absolute Gasteiger partial charge is 0.338 e. The Kier molecular flexibility index (Phi) is 4.22. The number of piperidine rings is 1. The zero-order chi connectivity index (χ0) is 12.4. The van der Waals surface area contributed by atoms with E-state index in [2.05, 4.69) is 22.9 Å². The van der Waals surface area contributed by atoms with Crippen molar-refractivity contribution < 1.29 is 4.79 Å². The fourth-order valence-corrected chi connectivity index (χ4v) is 3.57. The maximum absolute atomic E-state index is 12.2. The van der Waals surface area contributed by atoms with Crippen molar-refractivity contribution >= 4 is 33.2 Å². The molecule has 0 radical (unpaired) electrons. The van der Waals surface area contributed by atoms with Crippen LogP contribution >= 0.6 is 27.3 Å². The summed E-state index contributed by atoms with van der Waals surface area (Å²) in [7, 11) is 0. The summed E-state index contributed by atoms with van der Waals surface area (Å²) in [5, 5.41) is 0. The van der Waals surface area contributed by atoms with Crippen molar-refractivity contribution in [1.82, 2.24) is 4.90 Å². The van der Waals surface area contributed by atoms with Crippen LogP contribution in [-0.2, 0) is 0 Å². The predicted molar refractivity (Wildman–Crippen MR) is 74.3 cm³/mol. The van der Waals surface area contributed by atoms with Crippen LogP contribution < -0.4 is 5.73 Å². The number of likely N-dealkylation sites (tertiary alicyclic amines) is 1. The van der Waals surface area contributed by atoms with Gasteiger partial charge < -0.3 is 10.6 Å². The monoisotopic (exact) mass is 316 g/mol. The summed E-state index contributed by atoms with van der Waals surface area (Å²) < 4.78 is 1.01. The molecule has 94 valence electrons. The molecule has 1 saturated heterocycles. The molecule has 17 heavy (non-hydrogen) atoms. The minimum atomic E-state index is 0.156. The van der Waals surface area contributed by atoms with Gasteiger partial charge in [0.25, 0.3) is 5.91 Å². The lowest BCUT2D eigenvalue weighted by molar-refractivity contribution is 0.0686. The molecule has 0 bridgehead atoms. The molecule has 3 nitrogen and oxygen atoms in total. The molecule has 5 heteroatoms. The molecule has 1 aromatic rings. The molecule has 2 N–H and O–H groups in total. The Morgan fingerprint density at radius 1 is 1.53 bits per heavy atom. The third-order valence-electron chi connectivity index (χ3n) is 3.35. The van der Waals surface area contributed by atoms with Gasteiger partial charge in [0.1, 0.15) is 0 Å². The van der Waals surface area contributed by atoms with Gasteiger partial charge in [0, 0.05) is 19.1 Å². The van der Waals surface area contributed by atoms with Gasteiger partial charge in [-0.05, 0) is 53.7 Å². The Bertz CT molecular complexity index is 397. The number of nitrogens with zero attached hydrogens (tertiary/aromatic N) is 1. The number of halogens is 1. The standard InChI is InChI=1S/C12H17BrN2OS/c1-8(14)9-4-6-15(7-5-9)12(16)10-2-3-11(13)17-10/h2-3,8-9H,4-7,14H2,1H3. The number of amides is 1. The highest BCUT2D eigenvalue weighted by Gasteiger charge is 2.25. The maximum Gasteiger partial charge on any atom is 0.263 e. The molecule has 1 aliphatic heterocycles. The van der Waals surface area contributed by atoms with Crippen LogP contribution in [0.2, 0.25) is 0 Å². The van der Waals surface area contributed by atoms with E-state index in [1.165, 1.54) is 11.3 Å². The highest BCUT2D eigenvalue weighted by molar-refractivity contribution is 9.11. The number of hydrogen-bond acceptors (Lipinski definition) is 3. The predicted octanol–water partition coefficient (Wildman–Crippen LogP) is 2.71. The van der Waals surface area contributed by atoms with Gasteiger partial charge in [-0.2, -0.15) is 0 Å². The highest BCUT2D eigenvalue weighted by Crippen LogP contribution is 2.26. The van der Waals surface area contributed by atoms with E-state index >= 15 is 0 Å². The smallest absolute Gasteiger partial charge is 0.263 e. The van der Waals surface area contributed by atoms with Gasteiger partial charge in [-0.1, -0.05) is 0 Å². The van der Waals surface area contributed by atoms with Gasteiger partial charge in [0.2, 0.25) is 0 Å². The first kappa shape index (κ1) is 13.1. The molecule has 2 rings (SSSR count). The van der Waals surface area contributed by atoms with Gasteiger partial charge >= 0.3 is 0 Å². The normalized spacial score (nSPS) is 19.4. The number of hydrogen-bond donors (Lipinski definition) is 1. The summed E-state index contributed by atoms with van der Waals surface area (Å²) in [6.07, 6.45) is 2.05. The van der Waals surface area contributed by atoms with Crippen molar-refractivity contribution in [2.75, 3.05) is 13.1 Å². The number of carbonyl (C=O) groups is 1. The number of thiophene rings is 1. The lowest BCUT2D eigenvalue weighted by Crippen LogP contribution is -2.42. The molecule has 1 amide bonds. The Morgan fingerprint density at radius 2 is 2.18 bits per heavy atom. The molecule has 1 fully saturated rings. The molecule has 1 unspecified atom stereocenters. The van der Waals surface area contributed by atoms with Gasteiger partial charge in [0.05, 0.1) is 8.66 Å². The zero-order valence-electron chi connectivity index (χ0n) is 9.86. The molecule has 0 aromatic carbocycles. The Labute approximate surface area is 114 Å². The molecule has 2 heterocycles. The van der Waals surface area contributed by atoms with Gasteiger partial charge in [-0.25, -0.2) is 0 Å². The topological polar surface area (TPSA) is 46.3 Å². The summed E-state index contributed by atoms with van der Waals surface area (Å²) in [4.78, 5) is 14.9. The summed E-state index contributed by atoms with van der Waals surface area (Å²) in [5.41, 5.74) is 5.90. The third kappa shape index (κ3) is 3.09. The molecular weight excluding hydrogens is 300 g/mol. The van der Waals surface area contributed by atoms with Gasteiger partial charge in [-0.15, -0.1) is 11.3 Å². The van der Waals surface area contributed by atoms with Crippen LogP contribution in [0.25, 0.3) is 0 Å². The average molecular weight is 317 g/mol. The van der Waals surface area contributed by atoms with Crippen molar-refractivity contribution in [1.29, 1.82) is 0 Å². The summed E-state index contributed by atoms with van der Waals surface area (Å²) in [6.45, 7) is 3.72.